The smallest absolute Gasteiger partial charge is 0.0441 e. The van der Waals surface area contributed by atoms with Crippen LogP contribution in [0.4, 0.5) is 0 Å². The van der Waals surface area contributed by atoms with Gasteiger partial charge in [-0.3, -0.25) is 4.98 Å². The predicted molar refractivity (Wildman–Crippen MR) is 83.4 cm³/mol. The Morgan fingerprint density at radius 2 is 1.95 bits per heavy atom. The molecule has 0 spiro atoms. The summed E-state index contributed by atoms with van der Waals surface area (Å²) in [7, 11) is 0. The number of rotatable bonds is 3. The van der Waals surface area contributed by atoms with Crippen molar-refractivity contribution in [1.29, 1.82) is 0 Å². The van der Waals surface area contributed by atoms with Crippen LogP contribution in [0.15, 0.2) is 36.5 Å². The minimum absolute atomic E-state index is 0.904. The van der Waals surface area contributed by atoms with Gasteiger partial charge >= 0.3 is 0 Å². The lowest BCUT2D eigenvalue weighted by Gasteiger charge is -2.14. The van der Waals surface area contributed by atoms with E-state index in [-0.39, 0.29) is 0 Å². The highest BCUT2D eigenvalue weighted by molar-refractivity contribution is 6.31. The monoisotopic (exact) mass is 286 g/mol. The van der Waals surface area contributed by atoms with Crippen molar-refractivity contribution in [1.82, 2.24) is 10.3 Å². The van der Waals surface area contributed by atoms with Crippen LogP contribution in [0.5, 0.6) is 0 Å². The van der Waals surface area contributed by atoms with Gasteiger partial charge in [0.15, 0.2) is 0 Å². The molecule has 20 heavy (non-hydrogen) atoms. The number of pyridine rings is 1. The summed E-state index contributed by atoms with van der Waals surface area (Å²) in [4.78, 5) is 4.40. The van der Waals surface area contributed by atoms with Gasteiger partial charge in [0.1, 0.15) is 0 Å². The van der Waals surface area contributed by atoms with Gasteiger partial charge in [0.2, 0.25) is 0 Å². The summed E-state index contributed by atoms with van der Waals surface area (Å²) < 4.78 is 0. The van der Waals surface area contributed by atoms with Crippen LogP contribution in [0.2, 0.25) is 5.02 Å². The van der Waals surface area contributed by atoms with Crippen molar-refractivity contribution in [2.75, 3.05) is 13.1 Å². The average molecular weight is 287 g/mol. The molecule has 0 saturated heterocycles. The molecule has 3 heteroatoms. The minimum atomic E-state index is 0.904. The van der Waals surface area contributed by atoms with Crippen LogP contribution in [0.1, 0.15) is 22.4 Å². The summed E-state index contributed by atoms with van der Waals surface area (Å²) in [5.41, 5.74) is 5.36. The van der Waals surface area contributed by atoms with Crippen LogP contribution in [0.3, 0.4) is 0 Å². The topological polar surface area (TPSA) is 24.9 Å². The number of halogens is 1. The molecular weight excluding hydrogens is 268 g/mol. The van der Waals surface area contributed by atoms with Gasteiger partial charge in [-0.05, 0) is 73.7 Å². The molecule has 0 fully saturated rings. The van der Waals surface area contributed by atoms with Gasteiger partial charge in [-0.1, -0.05) is 23.7 Å². The summed E-state index contributed by atoms with van der Waals surface area (Å²) >= 11 is 6.44. The standard InChI is InChI=1S/C17H19ClN2/c18-17-7-4-13-8-11-19-12-9-15(13)16(17)6-5-14-3-1-2-10-20-14/h1-4,7,10,19H,5-6,8-9,11-12H2. The van der Waals surface area contributed by atoms with E-state index < -0.39 is 0 Å². The van der Waals surface area contributed by atoms with Crippen LogP contribution in [-0.2, 0) is 25.7 Å². The highest BCUT2D eigenvalue weighted by Crippen LogP contribution is 2.27. The number of aromatic nitrogens is 1. The second-order valence-corrected chi connectivity index (χ2v) is 5.64. The van der Waals surface area contributed by atoms with E-state index in [0.29, 0.717) is 0 Å². The van der Waals surface area contributed by atoms with E-state index >= 15 is 0 Å². The van der Waals surface area contributed by atoms with Crippen molar-refractivity contribution in [3.05, 3.63) is 63.9 Å². The highest BCUT2D eigenvalue weighted by atomic mass is 35.5. The molecule has 2 nitrogen and oxygen atoms in total. The van der Waals surface area contributed by atoms with Gasteiger partial charge in [-0.2, -0.15) is 0 Å². The van der Waals surface area contributed by atoms with E-state index in [9.17, 15) is 0 Å². The van der Waals surface area contributed by atoms with E-state index in [4.69, 9.17) is 11.6 Å². The number of aryl methyl sites for hydroxylation is 1. The molecule has 1 aromatic heterocycles. The quantitative estimate of drug-likeness (QED) is 0.937. The first kappa shape index (κ1) is 13.6. The van der Waals surface area contributed by atoms with Gasteiger partial charge in [-0.15, -0.1) is 0 Å². The summed E-state index contributed by atoms with van der Waals surface area (Å²) in [6.07, 6.45) is 5.95. The molecule has 3 rings (SSSR count). The number of benzene rings is 1. The second-order valence-electron chi connectivity index (χ2n) is 5.23. The Balaban J connectivity index is 1.85. The third kappa shape index (κ3) is 3.02. The molecule has 1 aromatic carbocycles. The van der Waals surface area contributed by atoms with Crippen LogP contribution in [0, 0.1) is 0 Å². The number of hydrogen-bond acceptors (Lipinski definition) is 2. The fourth-order valence-corrected chi connectivity index (χ4v) is 3.16. The largest absolute Gasteiger partial charge is 0.316 e. The van der Waals surface area contributed by atoms with Crippen molar-refractivity contribution in [2.24, 2.45) is 0 Å². The molecule has 1 aliphatic rings. The van der Waals surface area contributed by atoms with Crippen LogP contribution in [-0.4, -0.2) is 18.1 Å². The lowest BCUT2D eigenvalue weighted by molar-refractivity contribution is 0.709. The number of hydrogen-bond donors (Lipinski definition) is 1. The Morgan fingerprint density at radius 1 is 1.05 bits per heavy atom. The first-order valence-electron chi connectivity index (χ1n) is 7.24. The molecular formula is C17H19ClN2. The molecule has 0 unspecified atom stereocenters. The lowest BCUT2D eigenvalue weighted by atomic mass is 9.94. The molecule has 0 saturated carbocycles. The van der Waals surface area contributed by atoms with Crippen LogP contribution in [0.25, 0.3) is 0 Å². The van der Waals surface area contributed by atoms with E-state index in [2.05, 4.69) is 28.5 Å². The highest BCUT2D eigenvalue weighted by Gasteiger charge is 2.14. The van der Waals surface area contributed by atoms with E-state index in [1.807, 2.05) is 18.3 Å². The fourth-order valence-electron chi connectivity index (χ4n) is 2.89. The molecule has 0 bridgehead atoms. The SMILES string of the molecule is Clc1ccc2c(c1CCc1ccccn1)CCNCC2. The first-order valence-corrected chi connectivity index (χ1v) is 7.62. The van der Waals surface area contributed by atoms with Crippen molar-refractivity contribution < 1.29 is 0 Å². The average Bonchev–Trinajstić information content (AvgIpc) is 2.73. The Hall–Kier alpha value is -1.38. The van der Waals surface area contributed by atoms with Gasteiger partial charge in [0, 0.05) is 16.9 Å². The fraction of sp³-hybridized carbons (Fsp3) is 0.353. The van der Waals surface area contributed by atoms with Gasteiger partial charge in [0.25, 0.3) is 0 Å². The van der Waals surface area contributed by atoms with E-state index in [1.54, 1.807) is 0 Å². The molecule has 0 radical (unpaired) electrons. The Labute approximate surface area is 125 Å². The Bertz CT molecular complexity index is 581. The minimum Gasteiger partial charge on any atom is -0.316 e. The van der Waals surface area contributed by atoms with Gasteiger partial charge in [0.05, 0.1) is 0 Å². The first-order chi connectivity index (χ1) is 9.84. The predicted octanol–water partition coefficient (Wildman–Crippen LogP) is 3.21. The number of fused-ring (bicyclic) bond motifs is 1. The number of nitrogens with zero attached hydrogens (tertiary/aromatic N) is 1. The maximum atomic E-state index is 6.44. The molecule has 0 aliphatic carbocycles. The van der Waals surface area contributed by atoms with Gasteiger partial charge < -0.3 is 5.32 Å². The Morgan fingerprint density at radius 3 is 2.80 bits per heavy atom. The molecule has 1 aliphatic heterocycles. The van der Waals surface area contributed by atoms with E-state index in [1.165, 1.54) is 16.7 Å². The third-order valence-electron chi connectivity index (χ3n) is 3.95. The van der Waals surface area contributed by atoms with Gasteiger partial charge in [-0.25, -0.2) is 0 Å². The third-order valence-corrected chi connectivity index (χ3v) is 4.31. The van der Waals surface area contributed by atoms with Crippen molar-refractivity contribution in [3.63, 3.8) is 0 Å². The Kier molecular flexibility index (Phi) is 4.34. The summed E-state index contributed by atoms with van der Waals surface area (Å²) in [5, 5.41) is 4.36. The summed E-state index contributed by atoms with van der Waals surface area (Å²) in [5.74, 6) is 0. The number of nitrogens with one attached hydrogen (secondary N) is 1. The second kappa shape index (κ2) is 6.38. The molecule has 104 valence electrons. The van der Waals surface area contributed by atoms with Crippen LogP contribution >= 0.6 is 11.6 Å². The summed E-state index contributed by atoms with van der Waals surface area (Å²) in [6, 6.07) is 10.3. The zero-order valence-electron chi connectivity index (χ0n) is 11.5. The lowest BCUT2D eigenvalue weighted by Crippen LogP contribution is -2.16. The maximum Gasteiger partial charge on any atom is 0.0441 e. The molecule has 0 atom stereocenters. The van der Waals surface area contributed by atoms with Crippen LogP contribution < -0.4 is 5.32 Å². The molecule has 0 amide bonds. The van der Waals surface area contributed by atoms with Crippen molar-refractivity contribution in [2.45, 2.75) is 25.7 Å². The normalized spacial score (nSPS) is 14.7. The zero-order valence-corrected chi connectivity index (χ0v) is 12.3. The summed E-state index contributed by atoms with van der Waals surface area (Å²) in [6.45, 7) is 2.11. The van der Waals surface area contributed by atoms with E-state index in [0.717, 1.165) is 49.5 Å². The van der Waals surface area contributed by atoms with Crippen molar-refractivity contribution >= 4 is 11.6 Å². The molecule has 2 heterocycles. The zero-order chi connectivity index (χ0) is 13.8. The molecule has 2 aromatic rings. The maximum absolute atomic E-state index is 6.44. The molecule has 1 N–H and O–H groups in total. The van der Waals surface area contributed by atoms with Crippen molar-refractivity contribution in [3.8, 4) is 0 Å².